The van der Waals surface area contributed by atoms with Gasteiger partial charge in [0.1, 0.15) is 5.78 Å². The lowest BCUT2D eigenvalue weighted by Crippen LogP contribution is -2.08. The topological polar surface area (TPSA) is 43.4 Å². The number of hydrogen-bond donors (Lipinski definition) is 0. The number of unbranched alkanes of at least 4 members (excludes halogenated alkanes) is 2. The number of hydrogen-bond acceptors (Lipinski definition) is 3. The molecule has 0 N–H and O–H groups in total. The number of allylic oxidation sites excluding steroid dienone is 4. The molecule has 0 saturated carbocycles. The van der Waals surface area contributed by atoms with Crippen LogP contribution in [-0.4, -0.2) is 18.9 Å². The number of methoxy groups -OCH3 is 1. The zero-order valence-electron chi connectivity index (χ0n) is 9.65. The van der Waals surface area contributed by atoms with E-state index in [-0.39, 0.29) is 17.7 Å². The van der Waals surface area contributed by atoms with Crippen molar-refractivity contribution < 1.29 is 14.3 Å². The Labute approximate surface area is 96.2 Å². The van der Waals surface area contributed by atoms with Crippen LogP contribution in [0.2, 0.25) is 0 Å². The average Bonchev–Trinajstić information content (AvgIpc) is 2.81. The summed E-state index contributed by atoms with van der Waals surface area (Å²) in [6.07, 6.45) is 11.2. The molecule has 0 unspecified atom stereocenters. The summed E-state index contributed by atoms with van der Waals surface area (Å²) >= 11 is 0. The van der Waals surface area contributed by atoms with Crippen LogP contribution in [0.25, 0.3) is 0 Å². The molecule has 0 saturated heterocycles. The van der Waals surface area contributed by atoms with Gasteiger partial charge in [0.25, 0.3) is 0 Å². The maximum Gasteiger partial charge on any atom is 0.305 e. The lowest BCUT2D eigenvalue weighted by molar-refractivity contribution is -0.140. The zero-order chi connectivity index (χ0) is 11.8. The maximum atomic E-state index is 11.6. The Bertz CT molecular complexity index is 290. The van der Waals surface area contributed by atoms with Gasteiger partial charge in [0, 0.05) is 12.8 Å². The van der Waals surface area contributed by atoms with Crippen LogP contribution < -0.4 is 0 Å². The van der Waals surface area contributed by atoms with Gasteiger partial charge in [-0.25, -0.2) is 0 Å². The van der Waals surface area contributed by atoms with Crippen molar-refractivity contribution in [3.63, 3.8) is 0 Å². The fraction of sp³-hybridized carbons (Fsp3) is 0.538. The minimum atomic E-state index is -0.173. The summed E-state index contributed by atoms with van der Waals surface area (Å²) in [4.78, 5) is 22.4. The number of ether oxygens (including phenoxy) is 1. The van der Waals surface area contributed by atoms with E-state index in [2.05, 4.69) is 4.74 Å². The number of carbonyl (C=O) groups excluding carboxylic acids is 2. The molecule has 16 heavy (non-hydrogen) atoms. The van der Waals surface area contributed by atoms with Crippen LogP contribution >= 0.6 is 0 Å². The Kier molecular flexibility index (Phi) is 5.54. The summed E-state index contributed by atoms with van der Waals surface area (Å²) in [5, 5.41) is 0. The van der Waals surface area contributed by atoms with Gasteiger partial charge in [-0.15, -0.1) is 0 Å². The molecule has 0 fully saturated rings. The number of rotatable bonds is 7. The molecule has 0 spiro atoms. The predicted molar refractivity (Wildman–Crippen MR) is 61.9 cm³/mol. The first-order chi connectivity index (χ1) is 7.74. The van der Waals surface area contributed by atoms with Crippen molar-refractivity contribution in [2.24, 2.45) is 5.92 Å². The van der Waals surface area contributed by atoms with Gasteiger partial charge in [0.05, 0.1) is 13.0 Å². The molecule has 0 aliphatic heterocycles. The van der Waals surface area contributed by atoms with Crippen LogP contribution in [0, 0.1) is 5.92 Å². The summed E-state index contributed by atoms with van der Waals surface area (Å²) in [6.45, 7) is 0. The largest absolute Gasteiger partial charge is 0.469 e. The number of Topliss-reactive ketones (excluding diaryl/α,β-unsaturated/α-hetero) is 1. The van der Waals surface area contributed by atoms with Crippen molar-refractivity contribution >= 4 is 11.8 Å². The first-order valence-electron chi connectivity index (χ1n) is 5.68. The molecule has 0 heterocycles. The first kappa shape index (κ1) is 12.7. The van der Waals surface area contributed by atoms with Crippen LogP contribution in [0.5, 0.6) is 0 Å². The number of esters is 1. The maximum absolute atomic E-state index is 11.6. The summed E-state index contributed by atoms with van der Waals surface area (Å²) in [7, 11) is 1.39. The van der Waals surface area contributed by atoms with Gasteiger partial charge in [0.15, 0.2) is 0 Å². The highest BCUT2D eigenvalue weighted by molar-refractivity contribution is 5.85. The van der Waals surface area contributed by atoms with Gasteiger partial charge >= 0.3 is 5.97 Å². The second-order valence-electron chi connectivity index (χ2n) is 3.90. The molecule has 3 nitrogen and oxygen atoms in total. The summed E-state index contributed by atoms with van der Waals surface area (Å²) in [5.41, 5.74) is 0. The second-order valence-corrected chi connectivity index (χ2v) is 3.90. The highest BCUT2D eigenvalue weighted by Crippen LogP contribution is 2.14. The third kappa shape index (κ3) is 4.43. The predicted octanol–water partition coefficient (Wildman–Crippen LogP) is 2.42. The fourth-order valence-corrected chi connectivity index (χ4v) is 1.66. The van der Waals surface area contributed by atoms with E-state index in [0.717, 1.165) is 19.3 Å². The quantitative estimate of drug-likeness (QED) is 0.491. The monoisotopic (exact) mass is 222 g/mol. The molecule has 3 heteroatoms. The van der Waals surface area contributed by atoms with Gasteiger partial charge < -0.3 is 4.74 Å². The molecule has 1 rings (SSSR count). The molecule has 1 aliphatic rings. The summed E-state index contributed by atoms with van der Waals surface area (Å²) in [6, 6.07) is 0. The second kappa shape index (κ2) is 6.99. The number of ketones is 1. The molecular weight excluding hydrogens is 204 g/mol. The van der Waals surface area contributed by atoms with Crippen LogP contribution in [0.4, 0.5) is 0 Å². The molecular formula is C13H18O3. The molecule has 0 aromatic heterocycles. The molecule has 0 radical (unpaired) electrons. The van der Waals surface area contributed by atoms with Crippen molar-refractivity contribution in [3.8, 4) is 0 Å². The molecule has 0 bridgehead atoms. The van der Waals surface area contributed by atoms with Gasteiger partial charge in [-0.05, 0) is 12.8 Å². The van der Waals surface area contributed by atoms with E-state index in [0.29, 0.717) is 12.8 Å². The van der Waals surface area contributed by atoms with Crippen molar-refractivity contribution in [1.82, 2.24) is 0 Å². The highest BCUT2D eigenvalue weighted by Gasteiger charge is 2.13. The van der Waals surface area contributed by atoms with Crippen molar-refractivity contribution in [3.05, 3.63) is 24.3 Å². The average molecular weight is 222 g/mol. The lowest BCUT2D eigenvalue weighted by Gasteiger charge is -2.04. The first-order valence-corrected chi connectivity index (χ1v) is 5.68. The van der Waals surface area contributed by atoms with Crippen molar-refractivity contribution in [2.75, 3.05) is 7.11 Å². The van der Waals surface area contributed by atoms with Crippen LogP contribution in [0.1, 0.15) is 32.1 Å². The zero-order valence-corrected chi connectivity index (χ0v) is 9.65. The van der Waals surface area contributed by atoms with Crippen molar-refractivity contribution in [1.29, 1.82) is 0 Å². The van der Waals surface area contributed by atoms with E-state index in [1.807, 2.05) is 24.3 Å². The van der Waals surface area contributed by atoms with E-state index in [9.17, 15) is 9.59 Å². The highest BCUT2D eigenvalue weighted by atomic mass is 16.5. The molecule has 0 aromatic rings. The Hall–Kier alpha value is -1.38. The standard InChI is InChI=1S/C13H18O3/c1-16-13(15)10-4-2-3-9-12(14)11-7-5-6-8-11/h5-8,11H,2-4,9-10H2,1H3. The van der Waals surface area contributed by atoms with E-state index >= 15 is 0 Å². The van der Waals surface area contributed by atoms with E-state index in [1.165, 1.54) is 7.11 Å². The number of carbonyl (C=O) groups is 2. The normalized spacial score (nSPS) is 14.3. The molecule has 0 aromatic carbocycles. The molecule has 88 valence electrons. The SMILES string of the molecule is COC(=O)CCCCCC(=O)C1C=CC=C1. The Morgan fingerprint density at radius 1 is 1.06 bits per heavy atom. The van der Waals surface area contributed by atoms with Gasteiger partial charge in [0.2, 0.25) is 0 Å². The lowest BCUT2D eigenvalue weighted by atomic mass is 10.0. The van der Waals surface area contributed by atoms with Gasteiger partial charge in [-0.2, -0.15) is 0 Å². The molecule has 1 aliphatic carbocycles. The van der Waals surface area contributed by atoms with E-state index in [4.69, 9.17) is 0 Å². The Morgan fingerprint density at radius 3 is 2.31 bits per heavy atom. The minimum Gasteiger partial charge on any atom is -0.469 e. The van der Waals surface area contributed by atoms with Crippen molar-refractivity contribution in [2.45, 2.75) is 32.1 Å². The van der Waals surface area contributed by atoms with Crippen LogP contribution in [0.15, 0.2) is 24.3 Å². The van der Waals surface area contributed by atoms with Gasteiger partial charge in [-0.1, -0.05) is 30.7 Å². The summed E-state index contributed by atoms with van der Waals surface area (Å²) < 4.78 is 4.54. The minimum absolute atomic E-state index is 0.0133. The van der Waals surface area contributed by atoms with E-state index in [1.54, 1.807) is 0 Å². The van der Waals surface area contributed by atoms with E-state index < -0.39 is 0 Å². The fourth-order valence-electron chi connectivity index (χ4n) is 1.66. The third-order valence-electron chi connectivity index (χ3n) is 2.65. The van der Waals surface area contributed by atoms with Crippen LogP contribution in [0.3, 0.4) is 0 Å². The smallest absolute Gasteiger partial charge is 0.305 e. The summed E-state index contributed by atoms with van der Waals surface area (Å²) in [5.74, 6) is 0.0802. The molecule has 0 amide bonds. The van der Waals surface area contributed by atoms with Crippen LogP contribution in [-0.2, 0) is 14.3 Å². The molecule has 0 atom stereocenters. The Morgan fingerprint density at radius 2 is 1.69 bits per heavy atom. The third-order valence-corrected chi connectivity index (χ3v) is 2.65. The Balaban J connectivity index is 2.03. The van der Waals surface area contributed by atoms with Gasteiger partial charge in [-0.3, -0.25) is 9.59 Å².